The second kappa shape index (κ2) is 12.2. The first-order valence-electron chi connectivity index (χ1n) is 13.0. The van der Waals surface area contributed by atoms with E-state index in [9.17, 15) is 9.59 Å². The molecule has 0 fully saturated rings. The van der Waals surface area contributed by atoms with Crippen LogP contribution in [0.2, 0.25) is 0 Å². The molecular formula is C24H27N17O5. The van der Waals surface area contributed by atoms with Crippen molar-refractivity contribution in [2.75, 3.05) is 32.8 Å². The first-order chi connectivity index (χ1) is 22.0. The number of anilines is 2. The zero-order valence-corrected chi connectivity index (χ0v) is 25.6. The molecule has 46 heavy (non-hydrogen) atoms. The van der Waals surface area contributed by atoms with Gasteiger partial charge in [-0.2, -0.15) is 44.7 Å². The van der Waals surface area contributed by atoms with E-state index in [1.807, 2.05) is 0 Å². The van der Waals surface area contributed by atoms with E-state index in [0.29, 0.717) is 11.4 Å². The summed E-state index contributed by atoms with van der Waals surface area (Å²) in [6.45, 7) is 3.29. The Morgan fingerprint density at radius 1 is 0.696 bits per heavy atom. The van der Waals surface area contributed by atoms with E-state index >= 15 is 0 Å². The Balaban J connectivity index is 1.53. The van der Waals surface area contributed by atoms with E-state index < -0.39 is 11.9 Å². The highest BCUT2D eigenvalue weighted by atomic mass is 16.5. The van der Waals surface area contributed by atoms with Crippen LogP contribution < -0.4 is 16.2 Å². The Hall–Kier alpha value is -6.61. The zero-order valence-electron chi connectivity index (χ0n) is 25.6. The molecule has 238 valence electrons. The average Bonchev–Trinajstić information content (AvgIpc) is 3.77. The molecular weight excluding hydrogens is 606 g/mol. The Bertz CT molecular complexity index is 1890. The fraction of sp³-hybridized carbons (Fsp3) is 0.292. The summed E-state index contributed by atoms with van der Waals surface area (Å²) >= 11 is 0. The third-order valence-corrected chi connectivity index (χ3v) is 6.39. The maximum atomic E-state index is 12.1. The maximum Gasteiger partial charge on any atom is 0.343 e. The van der Waals surface area contributed by atoms with Gasteiger partial charge in [0.15, 0.2) is 34.6 Å². The minimum absolute atomic E-state index is 0.0129. The molecule has 5 rings (SSSR count). The highest BCUT2D eigenvalue weighted by Crippen LogP contribution is 2.33. The van der Waals surface area contributed by atoms with Gasteiger partial charge in [-0.15, -0.1) is 20.5 Å². The molecule has 0 unspecified atom stereocenters. The van der Waals surface area contributed by atoms with Crippen LogP contribution in [-0.2, 0) is 23.6 Å². The van der Waals surface area contributed by atoms with Gasteiger partial charge in [0, 0.05) is 14.1 Å². The minimum atomic E-state index is -0.632. The number of ether oxygens (including phenoxy) is 3. The molecule has 22 heteroatoms. The Morgan fingerprint density at radius 3 is 1.48 bits per heavy atom. The first-order valence-corrected chi connectivity index (χ1v) is 13.0. The lowest BCUT2D eigenvalue weighted by molar-refractivity contribution is 0.0592. The van der Waals surface area contributed by atoms with Gasteiger partial charge in [0.2, 0.25) is 0 Å². The molecule has 0 atom stereocenters. The minimum Gasteiger partial charge on any atom is -0.467 e. The van der Waals surface area contributed by atoms with Gasteiger partial charge in [0.1, 0.15) is 11.1 Å². The number of rotatable bonds is 9. The second-order valence-electron chi connectivity index (χ2n) is 9.28. The lowest BCUT2D eigenvalue weighted by Crippen LogP contribution is -2.14. The topological polar surface area (TPSA) is 273 Å². The number of aryl methyl sites for hydroxylation is 4. The fourth-order valence-corrected chi connectivity index (χ4v) is 4.04. The summed E-state index contributed by atoms with van der Waals surface area (Å²) < 4.78 is 19.9. The van der Waals surface area contributed by atoms with Crippen LogP contribution >= 0.6 is 0 Å². The summed E-state index contributed by atoms with van der Waals surface area (Å²) in [5.74, 6) is -1.07. The fourth-order valence-electron chi connectivity index (χ4n) is 4.04. The van der Waals surface area contributed by atoms with Crippen molar-refractivity contribution >= 4 is 46.6 Å². The van der Waals surface area contributed by atoms with E-state index in [4.69, 9.17) is 25.7 Å². The smallest absolute Gasteiger partial charge is 0.343 e. The highest BCUT2D eigenvalue weighted by Gasteiger charge is 2.23. The number of nitrogens with two attached hydrogens (primary N) is 2. The molecule has 0 aliphatic heterocycles. The number of hydrogen-bond donors (Lipinski definition) is 2. The van der Waals surface area contributed by atoms with Gasteiger partial charge in [0.05, 0.1) is 45.1 Å². The quantitative estimate of drug-likeness (QED) is 0.173. The molecule has 0 spiro atoms. The van der Waals surface area contributed by atoms with Crippen molar-refractivity contribution in [3.63, 3.8) is 0 Å². The Labute approximate surface area is 258 Å². The first kappa shape index (κ1) is 30.8. The number of nitrogen functional groups attached to an aromatic ring is 2. The number of esters is 2. The molecule has 5 aromatic rings. The van der Waals surface area contributed by atoms with Crippen molar-refractivity contribution in [2.45, 2.75) is 13.8 Å². The Morgan fingerprint density at radius 2 is 1.11 bits per heavy atom. The van der Waals surface area contributed by atoms with E-state index in [-0.39, 0.29) is 63.7 Å². The van der Waals surface area contributed by atoms with Gasteiger partial charge in [-0.05, 0) is 13.8 Å². The summed E-state index contributed by atoms with van der Waals surface area (Å²) in [5.41, 5.74) is 14.1. The van der Waals surface area contributed by atoms with Gasteiger partial charge in [-0.3, -0.25) is 0 Å². The van der Waals surface area contributed by atoms with Gasteiger partial charge >= 0.3 is 17.9 Å². The SMILES string of the molecule is COC(=O)c1cnn(C)c1/N=N/c1c(C)nn(-c2nc(OC)nc(-n3nc(C)c(/N=N/c4c(C(=O)OC)cnn4C)c3N)n2)c1N. The van der Waals surface area contributed by atoms with Crippen LogP contribution in [0.3, 0.4) is 0 Å². The van der Waals surface area contributed by atoms with Crippen LogP contribution in [0.15, 0.2) is 32.9 Å². The standard InChI is InChI=1S/C24H27N17O5/c1-10-14(32-34-18-12(20(42)44-5)8-27-38(18)3)16(25)40(36-10)22-29-23(31-24(30-22)46-7)41-17(26)15(11(2)37-41)33-35-19-13(21(43)45-6)9-28-39(19)4/h8-9H,25-26H2,1-7H3/b34-32+,35-33+. The highest BCUT2D eigenvalue weighted by molar-refractivity contribution is 5.94. The molecule has 4 N–H and O–H groups in total. The molecule has 0 bridgehead atoms. The second-order valence-corrected chi connectivity index (χ2v) is 9.28. The van der Waals surface area contributed by atoms with Crippen LogP contribution in [0.1, 0.15) is 32.1 Å². The molecule has 5 aromatic heterocycles. The lowest BCUT2D eigenvalue weighted by atomic mass is 10.3. The molecule has 0 radical (unpaired) electrons. The molecule has 0 aliphatic rings. The van der Waals surface area contributed by atoms with Gasteiger partial charge in [-0.25, -0.2) is 19.0 Å². The zero-order chi connectivity index (χ0) is 33.3. The summed E-state index contributed by atoms with van der Waals surface area (Å²) in [6.07, 6.45) is 2.62. The largest absolute Gasteiger partial charge is 0.467 e. The van der Waals surface area contributed by atoms with Crippen LogP contribution in [0, 0.1) is 13.8 Å². The summed E-state index contributed by atoms with van der Waals surface area (Å²) in [4.78, 5) is 37.1. The average molecular weight is 634 g/mol. The molecule has 0 saturated carbocycles. The summed E-state index contributed by atoms with van der Waals surface area (Å²) in [6, 6.07) is -0.110. The van der Waals surface area contributed by atoms with E-state index in [1.165, 1.54) is 52.5 Å². The van der Waals surface area contributed by atoms with Crippen molar-refractivity contribution in [3.8, 4) is 17.9 Å². The van der Waals surface area contributed by atoms with Crippen molar-refractivity contribution in [2.24, 2.45) is 34.6 Å². The number of aromatic nitrogens is 11. The number of methoxy groups -OCH3 is 3. The van der Waals surface area contributed by atoms with Crippen molar-refractivity contribution < 1.29 is 23.8 Å². The Kier molecular flexibility index (Phi) is 8.16. The van der Waals surface area contributed by atoms with Gasteiger partial charge in [-0.1, -0.05) is 0 Å². The van der Waals surface area contributed by atoms with Crippen molar-refractivity contribution in [1.29, 1.82) is 0 Å². The molecule has 0 aliphatic carbocycles. The molecule has 0 aromatic carbocycles. The number of azo groups is 2. The predicted octanol–water partition coefficient (Wildman–Crippen LogP) is 1.90. The maximum absolute atomic E-state index is 12.1. The summed E-state index contributed by atoms with van der Waals surface area (Å²) in [7, 11) is 7.03. The molecule has 5 heterocycles. The van der Waals surface area contributed by atoms with Crippen LogP contribution in [-0.4, -0.2) is 87.3 Å². The predicted molar refractivity (Wildman–Crippen MR) is 156 cm³/mol. The normalized spacial score (nSPS) is 11.5. The number of nitrogens with zero attached hydrogens (tertiary/aromatic N) is 15. The van der Waals surface area contributed by atoms with Gasteiger partial charge < -0.3 is 25.7 Å². The lowest BCUT2D eigenvalue weighted by Gasteiger charge is -2.08. The van der Waals surface area contributed by atoms with Crippen molar-refractivity contribution in [3.05, 3.63) is 34.9 Å². The van der Waals surface area contributed by atoms with E-state index in [1.54, 1.807) is 27.9 Å². The van der Waals surface area contributed by atoms with Crippen LogP contribution in [0.5, 0.6) is 6.01 Å². The third kappa shape index (κ3) is 5.44. The van der Waals surface area contributed by atoms with E-state index in [0.717, 1.165) is 0 Å². The van der Waals surface area contributed by atoms with Crippen molar-refractivity contribution in [1.82, 2.24) is 54.1 Å². The molecule has 0 amide bonds. The third-order valence-electron chi connectivity index (χ3n) is 6.39. The number of hydrogen-bond acceptors (Lipinski definition) is 18. The molecule has 22 nitrogen and oxygen atoms in total. The van der Waals surface area contributed by atoms with Gasteiger partial charge in [0.25, 0.3) is 11.9 Å². The summed E-state index contributed by atoms with van der Waals surface area (Å²) in [5, 5.41) is 33.6. The number of carbonyl (C=O) groups is 2. The van der Waals surface area contributed by atoms with Crippen LogP contribution in [0.25, 0.3) is 11.9 Å². The molecule has 0 saturated heterocycles. The van der Waals surface area contributed by atoms with Crippen LogP contribution in [0.4, 0.5) is 34.6 Å². The monoisotopic (exact) mass is 633 g/mol. The number of carbonyl (C=O) groups excluding carboxylic acids is 2. The van der Waals surface area contributed by atoms with E-state index in [2.05, 4.69) is 55.8 Å².